The van der Waals surface area contributed by atoms with Crippen molar-refractivity contribution in [2.45, 2.75) is 98.1 Å². The van der Waals surface area contributed by atoms with Crippen molar-refractivity contribution in [3.05, 3.63) is 36.0 Å². The van der Waals surface area contributed by atoms with Crippen molar-refractivity contribution in [3.8, 4) is 0 Å². The third kappa shape index (κ3) is 5.20. The fourth-order valence-electron chi connectivity index (χ4n) is 6.55. The Balaban J connectivity index is 2.30. The number of rotatable bonds is 9. The lowest BCUT2D eigenvalue weighted by Gasteiger charge is -2.62. The molecule has 0 amide bonds. The average molecular weight is 535 g/mol. The summed E-state index contributed by atoms with van der Waals surface area (Å²) < 4.78 is 29.0. The van der Waals surface area contributed by atoms with Crippen LogP contribution in [0.1, 0.15) is 67.2 Å². The van der Waals surface area contributed by atoms with Crippen molar-refractivity contribution >= 4 is 17.9 Å². The molecule has 0 aromatic carbocycles. The Bertz CT molecular complexity index is 1000. The van der Waals surface area contributed by atoms with Crippen LogP contribution in [0.2, 0.25) is 0 Å². The highest BCUT2D eigenvalue weighted by molar-refractivity contribution is 5.70. The monoisotopic (exact) mass is 534 g/mol. The minimum atomic E-state index is -1.35. The second kappa shape index (κ2) is 11.7. The zero-order valence-electron chi connectivity index (χ0n) is 23.5. The standard InChI is InChI=1S/C29H42O9/c1-9-11-23(32)37-24-17(4)28(7,13-12-16(3)10-2)22-15-20(34-8)14-21-26(35-18(5)30)38-27(36-19(6)31)29(21,22)25(24)33/h10,12,14,17,20,22,24-27,33H,2,9,11,13,15H2,1,3-8H3/b16-12-/t17-,20-,22+,24-,25+,26-,27-,28-,29-/m0/s1. The summed E-state index contributed by atoms with van der Waals surface area (Å²) in [5, 5.41) is 12.2. The largest absolute Gasteiger partial charge is 0.459 e. The van der Waals surface area contributed by atoms with E-state index in [1.54, 1.807) is 19.3 Å². The first kappa shape index (κ1) is 30.1. The van der Waals surface area contributed by atoms with Gasteiger partial charge in [-0.05, 0) is 43.6 Å². The number of carbonyl (C=O) groups is 3. The fraction of sp³-hybridized carbons (Fsp3) is 0.690. The average Bonchev–Trinajstić information content (AvgIpc) is 3.15. The number of hydrogen-bond donors (Lipinski definition) is 1. The summed E-state index contributed by atoms with van der Waals surface area (Å²) >= 11 is 0. The second-order valence-electron chi connectivity index (χ2n) is 10.9. The van der Waals surface area contributed by atoms with Gasteiger partial charge in [0, 0.05) is 38.9 Å². The highest BCUT2D eigenvalue weighted by atomic mass is 16.8. The lowest BCUT2D eigenvalue weighted by Crippen LogP contribution is -2.68. The normalized spacial score (nSPS) is 38.4. The molecule has 38 heavy (non-hydrogen) atoms. The van der Waals surface area contributed by atoms with Gasteiger partial charge in [0.25, 0.3) is 0 Å². The van der Waals surface area contributed by atoms with E-state index < -0.39 is 53.5 Å². The van der Waals surface area contributed by atoms with Gasteiger partial charge in [-0.25, -0.2) is 0 Å². The molecule has 3 aliphatic rings. The Morgan fingerprint density at radius 3 is 2.39 bits per heavy atom. The summed E-state index contributed by atoms with van der Waals surface area (Å²) in [4.78, 5) is 37.1. The molecule has 2 fully saturated rings. The first-order valence-electron chi connectivity index (χ1n) is 13.3. The Kier molecular flexibility index (Phi) is 9.27. The van der Waals surface area contributed by atoms with Crippen LogP contribution in [0.5, 0.6) is 0 Å². The van der Waals surface area contributed by atoms with Crippen LogP contribution >= 0.6 is 0 Å². The van der Waals surface area contributed by atoms with Crippen molar-refractivity contribution in [1.82, 2.24) is 0 Å². The molecule has 1 aliphatic heterocycles. The van der Waals surface area contributed by atoms with E-state index in [1.807, 2.05) is 20.8 Å². The number of ether oxygens (including phenoxy) is 5. The van der Waals surface area contributed by atoms with E-state index in [1.165, 1.54) is 13.8 Å². The SMILES string of the molecule is C=C/C(C)=C\C[C@]1(C)[C@H]2C[C@@H](OC)C=C3[C@@H](OC(C)=O)O[C@H](OC(C)=O)[C@@]32[C@H](O)[C@@H](OC(=O)CCC)[C@@H]1C. The molecule has 1 saturated heterocycles. The lowest BCUT2D eigenvalue weighted by molar-refractivity contribution is -0.276. The lowest BCUT2D eigenvalue weighted by atomic mass is 9.44. The minimum absolute atomic E-state index is 0.201. The minimum Gasteiger partial charge on any atom is -0.459 e. The van der Waals surface area contributed by atoms with Crippen LogP contribution in [0.3, 0.4) is 0 Å². The highest BCUT2D eigenvalue weighted by Crippen LogP contribution is 2.67. The van der Waals surface area contributed by atoms with Crippen LogP contribution in [-0.2, 0) is 38.1 Å². The molecule has 212 valence electrons. The summed E-state index contributed by atoms with van der Waals surface area (Å²) in [6.07, 6.45) is 2.34. The number of methoxy groups -OCH3 is 1. The first-order valence-corrected chi connectivity index (χ1v) is 13.3. The summed E-state index contributed by atoms with van der Waals surface area (Å²) in [7, 11) is 1.59. The summed E-state index contributed by atoms with van der Waals surface area (Å²) in [6.45, 7) is 14.3. The van der Waals surface area contributed by atoms with Crippen molar-refractivity contribution in [3.63, 3.8) is 0 Å². The summed E-state index contributed by atoms with van der Waals surface area (Å²) in [5.74, 6) is -2.30. The third-order valence-electron chi connectivity index (χ3n) is 8.69. The number of hydrogen-bond acceptors (Lipinski definition) is 9. The molecule has 1 spiro atoms. The topological polar surface area (TPSA) is 118 Å². The molecule has 1 saturated carbocycles. The molecule has 0 aromatic rings. The van der Waals surface area contributed by atoms with Gasteiger partial charge in [0.1, 0.15) is 12.2 Å². The Labute approximate surface area is 225 Å². The van der Waals surface area contributed by atoms with Crippen molar-refractivity contribution < 1.29 is 43.2 Å². The predicted octanol–water partition coefficient (Wildman–Crippen LogP) is 3.99. The van der Waals surface area contributed by atoms with Gasteiger partial charge in [-0.1, -0.05) is 45.1 Å². The zero-order chi connectivity index (χ0) is 28.4. The van der Waals surface area contributed by atoms with Crippen molar-refractivity contribution in [1.29, 1.82) is 0 Å². The summed E-state index contributed by atoms with van der Waals surface area (Å²) in [5.41, 5.74) is -0.516. The van der Waals surface area contributed by atoms with Crippen LogP contribution in [0, 0.1) is 22.7 Å². The van der Waals surface area contributed by atoms with Crippen molar-refractivity contribution in [2.75, 3.05) is 7.11 Å². The maximum Gasteiger partial charge on any atom is 0.306 e. The smallest absolute Gasteiger partial charge is 0.306 e. The molecule has 0 radical (unpaired) electrons. The fourth-order valence-corrected chi connectivity index (χ4v) is 6.55. The maximum absolute atomic E-state index is 12.8. The molecule has 0 bridgehead atoms. The van der Waals surface area contributed by atoms with Crippen LogP contribution in [0.25, 0.3) is 0 Å². The number of esters is 3. The number of aliphatic hydroxyl groups excluding tert-OH is 1. The van der Waals surface area contributed by atoms with Crippen molar-refractivity contribution in [2.24, 2.45) is 22.7 Å². The van der Waals surface area contributed by atoms with Crippen LogP contribution < -0.4 is 0 Å². The Morgan fingerprint density at radius 1 is 1.18 bits per heavy atom. The van der Waals surface area contributed by atoms with E-state index in [9.17, 15) is 19.5 Å². The molecule has 3 rings (SSSR count). The highest BCUT2D eigenvalue weighted by Gasteiger charge is 2.74. The van der Waals surface area contributed by atoms with Gasteiger partial charge in [0.2, 0.25) is 12.6 Å². The molecule has 9 nitrogen and oxygen atoms in total. The van der Waals surface area contributed by atoms with E-state index in [0.29, 0.717) is 24.8 Å². The van der Waals surface area contributed by atoms with Gasteiger partial charge in [-0.15, -0.1) is 0 Å². The van der Waals surface area contributed by atoms with E-state index in [0.717, 1.165) is 5.57 Å². The van der Waals surface area contributed by atoms with Crippen LogP contribution in [0.15, 0.2) is 36.0 Å². The Morgan fingerprint density at radius 2 is 1.84 bits per heavy atom. The van der Waals surface area contributed by atoms with E-state index >= 15 is 0 Å². The Hall–Kier alpha value is -2.49. The van der Waals surface area contributed by atoms with Gasteiger partial charge in [-0.3, -0.25) is 19.1 Å². The first-order chi connectivity index (χ1) is 17.9. The van der Waals surface area contributed by atoms with Crippen LogP contribution in [0.4, 0.5) is 0 Å². The van der Waals surface area contributed by atoms with Gasteiger partial charge < -0.3 is 24.1 Å². The molecular weight excluding hydrogens is 492 g/mol. The van der Waals surface area contributed by atoms with E-state index in [2.05, 4.69) is 19.6 Å². The van der Waals surface area contributed by atoms with Gasteiger partial charge in [0.05, 0.1) is 11.5 Å². The number of aliphatic hydroxyl groups is 1. The third-order valence-corrected chi connectivity index (χ3v) is 8.69. The van der Waals surface area contributed by atoms with Gasteiger partial charge >= 0.3 is 17.9 Å². The molecule has 1 N–H and O–H groups in total. The van der Waals surface area contributed by atoms with E-state index in [-0.39, 0.29) is 24.4 Å². The van der Waals surface area contributed by atoms with Crippen LogP contribution in [-0.4, -0.2) is 61.0 Å². The molecule has 0 aromatic heterocycles. The molecule has 0 unspecified atom stereocenters. The number of allylic oxidation sites excluding steroid dienone is 3. The maximum atomic E-state index is 12.8. The molecule has 2 aliphatic carbocycles. The quantitative estimate of drug-likeness (QED) is 0.203. The second-order valence-corrected chi connectivity index (χ2v) is 10.9. The predicted molar refractivity (Wildman–Crippen MR) is 138 cm³/mol. The molecule has 9 atom stereocenters. The molecule has 1 heterocycles. The molecular formula is C29H42O9. The van der Waals surface area contributed by atoms with Gasteiger partial charge in [0.15, 0.2) is 0 Å². The number of carbonyl (C=O) groups excluding carboxylic acids is 3. The van der Waals surface area contributed by atoms with Gasteiger partial charge in [-0.2, -0.15) is 0 Å². The summed E-state index contributed by atoms with van der Waals surface area (Å²) in [6, 6.07) is 0. The molecule has 9 heteroatoms. The zero-order valence-corrected chi connectivity index (χ0v) is 23.5. The van der Waals surface area contributed by atoms with E-state index in [4.69, 9.17) is 23.7 Å².